The Labute approximate surface area is 221 Å². The first-order valence-corrected chi connectivity index (χ1v) is 14.2. The highest BCUT2D eigenvalue weighted by Gasteiger charge is 2.29. The molecule has 0 unspecified atom stereocenters. The molecule has 5 rings (SSSR count). The fraction of sp³-hybridized carbons (Fsp3) is 0.208. The molecular formula is C24H20F2N3O3S4+. The van der Waals surface area contributed by atoms with Crippen molar-refractivity contribution in [3.05, 3.63) is 81.8 Å². The number of nitrogens with zero attached hydrogens (tertiary/aromatic N) is 3. The number of anilines is 1. The predicted molar refractivity (Wildman–Crippen MR) is 140 cm³/mol. The van der Waals surface area contributed by atoms with Crippen LogP contribution in [-0.2, 0) is 17.8 Å². The summed E-state index contributed by atoms with van der Waals surface area (Å²) in [4.78, 5) is 27.9. The molecule has 0 amide bonds. The Morgan fingerprint density at radius 2 is 2.00 bits per heavy atom. The lowest BCUT2D eigenvalue weighted by atomic mass is 10.2. The average Bonchev–Trinajstić information content (AvgIpc) is 3.64. The number of benzene rings is 1. The third-order valence-corrected chi connectivity index (χ3v) is 10.0. The monoisotopic (exact) mass is 564 g/mol. The van der Waals surface area contributed by atoms with Gasteiger partial charge in [-0.05, 0) is 30.5 Å². The van der Waals surface area contributed by atoms with E-state index in [9.17, 15) is 18.4 Å². The van der Waals surface area contributed by atoms with Crippen LogP contribution in [0.15, 0.2) is 44.8 Å². The molecule has 12 heteroatoms. The van der Waals surface area contributed by atoms with E-state index in [0.717, 1.165) is 33.1 Å². The molecule has 0 saturated heterocycles. The fourth-order valence-corrected chi connectivity index (χ4v) is 8.08. The maximum Gasteiger partial charge on any atom is 0.348 e. The molecule has 0 bridgehead atoms. The van der Waals surface area contributed by atoms with Crippen molar-refractivity contribution in [1.29, 1.82) is 0 Å². The second kappa shape index (κ2) is 9.92. The van der Waals surface area contributed by atoms with Gasteiger partial charge in [-0.1, -0.05) is 23.1 Å². The molecular weight excluding hydrogens is 545 g/mol. The topological polar surface area (TPSA) is 55.4 Å². The molecule has 0 saturated carbocycles. The van der Waals surface area contributed by atoms with E-state index in [1.165, 1.54) is 47.2 Å². The van der Waals surface area contributed by atoms with Crippen molar-refractivity contribution in [3.63, 3.8) is 0 Å². The van der Waals surface area contributed by atoms with Gasteiger partial charge in [-0.15, -0.1) is 22.7 Å². The second-order valence-corrected chi connectivity index (χ2v) is 11.6. The van der Waals surface area contributed by atoms with Gasteiger partial charge in [-0.25, -0.2) is 13.6 Å². The molecule has 36 heavy (non-hydrogen) atoms. The Hall–Kier alpha value is -2.80. The Morgan fingerprint density at radius 1 is 1.19 bits per heavy atom. The zero-order chi connectivity index (χ0) is 25.6. The molecule has 0 radical (unpaired) electrons. The van der Waals surface area contributed by atoms with Crippen molar-refractivity contribution in [1.82, 2.24) is 4.57 Å². The summed E-state index contributed by atoms with van der Waals surface area (Å²) in [6, 6.07) is 4.52. The van der Waals surface area contributed by atoms with E-state index in [0.29, 0.717) is 33.2 Å². The van der Waals surface area contributed by atoms with Crippen LogP contribution < -0.4 is 24.2 Å². The van der Waals surface area contributed by atoms with Gasteiger partial charge < -0.3 is 9.64 Å². The van der Waals surface area contributed by atoms with Crippen molar-refractivity contribution < 1.29 is 22.9 Å². The average molecular weight is 565 g/mol. The highest BCUT2D eigenvalue weighted by Crippen LogP contribution is 2.47. The molecule has 0 N–H and O–H groups in total. The minimum atomic E-state index is -0.912. The van der Waals surface area contributed by atoms with Crippen molar-refractivity contribution in [2.24, 2.45) is 0 Å². The predicted octanol–water partition coefficient (Wildman–Crippen LogP) is 3.59. The first kappa shape index (κ1) is 24.9. The molecule has 0 aliphatic carbocycles. The van der Waals surface area contributed by atoms with Crippen molar-refractivity contribution >= 4 is 68.5 Å². The molecule has 4 heterocycles. The molecule has 186 valence electrons. The number of methoxy groups -OCH3 is 1. The van der Waals surface area contributed by atoms with Gasteiger partial charge in [0.05, 0.1) is 29.1 Å². The van der Waals surface area contributed by atoms with Gasteiger partial charge in [0.25, 0.3) is 10.6 Å². The van der Waals surface area contributed by atoms with Gasteiger partial charge >= 0.3 is 5.97 Å². The Bertz CT molecular complexity index is 1670. The minimum Gasteiger partial charge on any atom is -0.465 e. The lowest BCUT2D eigenvalue weighted by Crippen LogP contribution is -2.36. The van der Waals surface area contributed by atoms with E-state index in [1.54, 1.807) is 16.5 Å². The molecule has 0 fully saturated rings. The van der Waals surface area contributed by atoms with Gasteiger partial charge in [-0.3, -0.25) is 9.36 Å². The molecule has 4 aromatic rings. The number of aromatic nitrogens is 2. The quantitative estimate of drug-likeness (QED) is 0.274. The zero-order valence-corrected chi connectivity index (χ0v) is 22.7. The maximum absolute atomic E-state index is 14.4. The number of hydrogen-bond donors (Lipinski definition) is 0. The van der Waals surface area contributed by atoms with Crippen molar-refractivity contribution in [3.8, 4) is 0 Å². The number of carbonyl (C=O) groups is 1. The van der Waals surface area contributed by atoms with Crippen molar-refractivity contribution in [2.75, 3.05) is 19.1 Å². The number of halogens is 2. The number of thioether (sulfide) groups is 1. The van der Waals surface area contributed by atoms with Gasteiger partial charge in [0.1, 0.15) is 19.1 Å². The van der Waals surface area contributed by atoms with E-state index in [1.807, 2.05) is 40.6 Å². The van der Waals surface area contributed by atoms with Gasteiger partial charge in [0, 0.05) is 19.2 Å². The number of esters is 1. The molecule has 1 aliphatic rings. The van der Waals surface area contributed by atoms with Crippen LogP contribution in [-0.4, -0.2) is 24.7 Å². The molecule has 0 atom stereocenters. The number of carbonyl (C=O) groups excluding carboxylic acids is 1. The molecule has 0 spiro atoms. The van der Waals surface area contributed by atoms with Crippen LogP contribution in [0, 0.1) is 11.6 Å². The number of fused-ring (bicyclic) bond motifs is 1. The smallest absolute Gasteiger partial charge is 0.348 e. The number of thiophene rings is 1. The van der Waals surface area contributed by atoms with Crippen molar-refractivity contribution in [2.45, 2.75) is 24.9 Å². The summed E-state index contributed by atoms with van der Waals surface area (Å²) in [6.07, 6.45) is 3.88. The highest BCUT2D eigenvalue weighted by molar-refractivity contribution is 8.08. The van der Waals surface area contributed by atoms with Gasteiger partial charge in [0.2, 0.25) is 0 Å². The third kappa shape index (κ3) is 4.21. The van der Waals surface area contributed by atoms with E-state index >= 15 is 0 Å². The Kier molecular flexibility index (Phi) is 6.86. The van der Waals surface area contributed by atoms with E-state index in [2.05, 4.69) is 0 Å². The first-order valence-electron chi connectivity index (χ1n) is 10.8. The zero-order valence-electron chi connectivity index (χ0n) is 19.4. The standard InChI is InChI=1S/C24H20F2N3O3S4/c1-4-29-17(11-16-28(8-10-33-16)12-13-7-9-34-19(13)24(31)32-3)35-21(22(29)30)23-27(2)15-6-5-14(25)18(26)20(15)36-23/h5-11H,4,12H2,1-3H3/q+1. The second-order valence-electron chi connectivity index (χ2n) is 7.77. The van der Waals surface area contributed by atoms with E-state index in [-0.39, 0.29) is 16.4 Å². The minimum absolute atomic E-state index is 0.175. The number of rotatable bonds is 5. The van der Waals surface area contributed by atoms with E-state index in [4.69, 9.17) is 4.74 Å². The summed E-state index contributed by atoms with van der Waals surface area (Å²) < 4.78 is 38.0. The van der Waals surface area contributed by atoms with Crippen LogP contribution in [0.2, 0.25) is 0 Å². The molecule has 3 aromatic heterocycles. The highest BCUT2D eigenvalue weighted by atomic mass is 32.2. The third-order valence-electron chi connectivity index (χ3n) is 5.73. The van der Waals surface area contributed by atoms with Gasteiger partial charge in [-0.2, -0.15) is 4.57 Å². The number of ether oxygens (including phenoxy) is 1. The molecule has 1 aliphatic heterocycles. The van der Waals surface area contributed by atoms with E-state index < -0.39 is 11.6 Å². The number of thiazole rings is 2. The summed E-state index contributed by atoms with van der Waals surface area (Å²) in [7, 11) is 3.11. The fourth-order valence-electron chi connectivity index (χ4n) is 3.91. The SMILES string of the molecule is CCn1c(=Cc2scc[n+]2Cc2ccsc2C(=O)OC)sc(=C2Sc3c(ccc(F)c3F)N2C)c1=O. The first-order chi connectivity index (χ1) is 17.3. The summed E-state index contributed by atoms with van der Waals surface area (Å²) in [5.74, 6) is -2.18. The summed E-state index contributed by atoms with van der Waals surface area (Å²) in [5.41, 5.74) is 1.21. The Morgan fingerprint density at radius 3 is 2.75 bits per heavy atom. The normalized spacial score (nSPS) is 15.0. The lowest BCUT2D eigenvalue weighted by molar-refractivity contribution is -0.685. The Balaban J connectivity index is 1.59. The summed E-state index contributed by atoms with van der Waals surface area (Å²) >= 11 is 5.25. The van der Waals surface area contributed by atoms with Crippen LogP contribution >= 0.6 is 45.8 Å². The maximum atomic E-state index is 14.4. The van der Waals surface area contributed by atoms with Gasteiger partial charge in [0.15, 0.2) is 24.4 Å². The van der Waals surface area contributed by atoms with Crippen LogP contribution in [0.3, 0.4) is 0 Å². The van der Waals surface area contributed by atoms with Crippen LogP contribution in [0.5, 0.6) is 0 Å². The summed E-state index contributed by atoms with van der Waals surface area (Å²) in [5, 5.41) is 5.28. The molecule has 6 nitrogen and oxygen atoms in total. The van der Waals surface area contributed by atoms with Crippen LogP contribution in [0.1, 0.15) is 27.2 Å². The largest absolute Gasteiger partial charge is 0.465 e. The summed E-state index contributed by atoms with van der Waals surface area (Å²) in [6.45, 7) is 2.83. The lowest BCUT2D eigenvalue weighted by Gasteiger charge is -2.12. The van der Waals surface area contributed by atoms with Crippen LogP contribution in [0.4, 0.5) is 14.5 Å². The number of hydrogen-bond acceptors (Lipinski definition) is 8. The van der Waals surface area contributed by atoms with Crippen LogP contribution in [0.25, 0.3) is 11.1 Å². The molecule has 1 aromatic carbocycles.